The first-order chi connectivity index (χ1) is 7.07. The van der Waals surface area contributed by atoms with Gasteiger partial charge in [0.15, 0.2) is 0 Å². The molecule has 0 rings (SSSR count). The molecule has 0 aliphatic carbocycles. The van der Waals surface area contributed by atoms with Crippen LogP contribution in [0, 0.1) is 0 Å². The molecule has 6 nitrogen and oxygen atoms in total. The molecule has 0 bridgehead atoms. The van der Waals surface area contributed by atoms with Crippen LogP contribution in [0.3, 0.4) is 0 Å². The van der Waals surface area contributed by atoms with E-state index >= 15 is 0 Å². The second-order valence-corrected chi connectivity index (χ2v) is 2.98. The van der Waals surface area contributed by atoms with Gasteiger partial charge in [-0.05, 0) is 6.92 Å². The lowest BCUT2D eigenvalue weighted by atomic mass is 10.3. The van der Waals surface area contributed by atoms with Crippen LogP contribution in [0.2, 0.25) is 0 Å². The molecule has 1 amide bonds. The molecule has 0 unspecified atom stereocenters. The molecule has 0 saturated heterocycles. The number of ether oxygens (including phenoxy) is 2. The Morgan fingerprint density at radius 1 is 1.33 bits per heavy atom. The number of carbonyl (C=O) groups excluding carboxylic acids is 1. The van der Waals surface area contributed by atoms with Crippen LogP contribution in [0.25, 0.3) is 0 Å². The molecular weight excluding hydrogens is 202 g/mol. The van der Waals surface area contributed by atoms with Gasteiger partial charge in [0.25, 0.3) is 0 Å². The molecule has 0 aromatic carbocycles. The van der Waals surface area contributed by atoms with E-state index in [9.17, 15) is 9.59 Å². The van der Waals surface area contributed by atoms with E-state index in [0.29, 0.717) is 13.2 Å². The average Bonchev–Trinajstić information content (AvgIpc) is 2.17. The molecule has 88 valence electrons. The summed E-state index contributed by atoms with van der Waals surface area (Å²) in [6, 6.07) is -0.864. The Morgan fingerprint density at radius 3 is 2.53 bits per heavy atom. The Balaban J connectivity index is 3.45. The summed E-state index contributed by atoms with van der Waals surface area (Å²) in [5, 5.41) is 10.8. The van der Waals surface area contributed by atoms with Gasteiger partial charge in [-0.25, -0.2) is 0 Å². The zero-order valence-electron chi connectivity index (χ0n) is 8.99. The van der Waals surface area contributed by atoms with Gasteiger partial charge in [0, 0.05) is 13.5 Å². The molecule has 0 aliphatic heterocycles. The summed E-state index contributed by atoms with van der Waals surface area (Å²) >= 11 is 0. The van der Waals surface area contributed by atoms with Crippen molar-refractivity contribution in [3.05, 3.63) is 0 Å². The molecule has 0 aromatic rings. The normalized spacial score (nSPS) is 12.1. The number of methoxy groups -OCH3 is 1. The van der Waals surface area contributed by atoms with Gasteiger partial charge in [0.1, 0.15) is 6.04 Å². The average molecular weight is 219 g/mol. The van der Waals surface area contributed by atoms with Crippen LogP contribution in [-0.2, 0) is 19.1 Å². The molecule has 2 N–H and O–H groups in total. The van der Waals surface area contributed by atoms with Crippen LogP contribution in [-0.4, -0.2) is 50.0 Å². The molecule has 1 atom stereocenters. The molecule has 0 aromatic heterocycles. The molecule has 0 spiro atoms. The van der Waals surface area contributed by atoms with Gasteiger partial charge in [0.2, 0.25) is 5.91 Å². The van der Waals surface area contributed by atoms with E-state index in [1.807, 2.05) is 0 Å². The quantitative estimate of drug-likeness (QED) is 0.544. The first-order valence-corrected chi connectivity index (χ1v) is 4.66. The van der Waals surface area contributed by atoms with Gasteiger partial charge in [-0.3, -0.25) is 9.59 Å². The van der Waals surface area contributed by atoms with E-state index < -0.39 is 12.0 Å². The Hall–Kier alpha value is -1.14. The van der Waals surface area contributed by atoms with Crippen LogP contribution < -0.4 is 5.32 Å². The SMILES string of the molecule is COCCOCCC(=O)N[C@H](C)C(=O)O. The molecule has 0 saturated carbocycles. The highest BCUT2D eigenvalue weighted by molar-refractivity contribution is 5.83. The van der Waals surface area contributed by atoms with Crippen molar-refractivity contribution in [1.82, 2.24) is 5.32 Å². The zero-order valence-corrected chi connectivity index (χ0v) is 8.99. The lowest BCUT2D eigenvalue weighted by molar-refractivity contribution is -0.141. The van der Waals surface area contributed by atoms with Crippen molar-refractivity contribution >= 4 is 11.9 Å². The summed E-state index contributed by atoms with van der Waals surface area (Å²) in [5.41, 5.74) is 0. The lowest BCUT2D eigenvalue weighted by Crippen LogP contribution is -2.38. The van der Waals surface area contributed by atoms with E-state index in [1.165, 1.54) is 6.92 Å². The topological polar surface area (TPSA) is 84.9 Å². The van der Waals surface area contributed by atoms with Gasteiger partial charge < -0.3 is 19.9 Å². The molecule has 0 radical (unpaired) electrons. The van der Waals surface area contributed by atoms with Crippen molar-refractivity contribution in [1.29, 1.82) is 0 Å². The Kier molecular flexibility index (Phi) is 7.57. The Labute approximate surface area is 88.6 Å². The van der Waals surface area contributed by atoms with Crippen molar-refractivity contribution in [2.24, 2.45) is 0 Å². The number of hydrogen-bond donors (Lipinski definition) is 2. The lowest BCUT2D eigenvalue weighted by Gasteiger charge is -2.09. The highest BCUT2D eigenvalue weighted by Crippen LogP contribution is 1.87. The summed E-state index contributed by atoms with van der Waals surface area (Å²) in [6.07, 6.45) is 0.154. The van der Waals surface area contributed by atoms with E-state index in [2.05, 4.69) is 5.32 Å². The summed E-state index contributed by atoms with van der Waals surface area (Å²) in [7, 11) is 1.56. The molecule has 0 fully saturated rings. The maximum Gasteiger partial charge on any atom is 0.325 e. The van der Waals surface area contributed by atoms with Crippen molar-refractivity contribution in [2.75, 3.05) is 26.9 Å². The number of amides is 1. The van der Waals surface area contributed by atoms with Gasteiger partial charge in [-0.15, -0.1) is 0 Å². The maximum absolute atomic E-state index is 11.1. The molecule has 6 heteroatoms. The predicted octanol–water partition coefficient (Wildman–Crippen LogP) is -0.371. The maximum atomic E-state index is 11.1. The number of aliphatic carboxylic acids is 1. The van der Waals surface area contributed by atoms with E-state index in [4.69, 9.17) is 14.6 Å². The van der Waals surface area contributed by atoms with Crippen molar-refractivity contribution in [2.45, 2.75) is 19.4 Å². The summed E-state index contributed by atoms with van der Waals surface area (Å²) in [5.74, 6) is -1.38. The minimum absolute atomic E-state index is 0.154. The minimum Gasteiger partial charge on any atom is -0.480 e. The van der Waals surface area contributed by atoms with Crippen molar-refractivity contribution in [3.63, 3.8) is 0 Å². The van der Waals surface area contributed by atoms with Crippen molar-refractivity contribution in [3.8, 4) is 0 Å². The van der Waals surface area contributed by atoms with Gasteiger partial charge in [-0.2, -0.15) is 0 Å². The van der Waals surface area contributed by atoms with E-state index in [-0.39, 0.29) is 18.9 Å². The van der Waals surface area contributed by atoms with Crippen molar-refractivity contribution < 1.29 is 24.2 Å². The van der Waals surface area contributed by atoms with Crippen LogP contribution >= 0.6 is 0 Å². The van der Waals surface area contributed by atoms with Crippen LogP contribution in [0.4, 0.5) is 0 Å². The highest BCUT2D eigenvalue weighted by Gasteiger charge is 2.13. The molecule has 0 aliphatic rings. The Morgan fingerprint density at radius 2 is 2.00 bits per heavy atom. The van der Waals surface area contributed by atoms with E-state index in [0.717, 1.165) is 0 Å². The Bertz CT molecular complexity index is 207. The summed E-state index contributed by atoms with van der Waals surface area (Å²) in [6.45, 7) is 2.58. The second kappa shape index (κ2) is 8.19. The third-order valence-corrected chi connectivity index (χ3v) is 1.65. The number of carboxylic acids is 1. The number of nitrogens with one attached hydrogen (secondary N) is 1. The second-order valence-electron chi connectivity index (χ2n) is 2.98. The standard InChI is InChI=1S/C9H17NO5/c1-7(9(12)13)10-8(11)3-4-15-6-5-14-2/h7H,3-6H2,1-2H3,(H,10,11)(H,12,13)/t7-/m1/s1. The molecule has 15 heavy (non-hydrogen) atoms. The monoisotopic (exact) mass is 219 g/mol. The number of hydrogen-bond acceptors (Lipinski definition) is 4. The fourth-order valence-electron chi connectivity index (χ4n) is 0.785. The smallest absolute Gasteiger partial charge is 0.325 e. The number of rotatable bonds is 8. The molecule has 0 heterocycles. The third kappa shape index (κ3) is 7.90. The van der Waals surface area contributed by atoms with Gasteiger partial charge >= 0.3 is 5.97 Å². The largest absolute Gasteiger partial charge is 0.480 e. The first-order valence-electron chi connectivity index (χ1n) is 4.66. The van der Waals surface area contributed by atoms with Crippen LogP contribution in [0.15, 0.2) is 0 Å². The number of carboxylic acid groups (broad SMARTS) is 1. The summed E-state index contributed by atoms with van der Waals surface area (Å²) in [4.78, 5) is 21.5. The van der Waals surface area contributed by atoms with Gasteiger partial charge in [0.05, 0.1) is 19.8 Å². The highest BCUT2D eigenvalue weighted by atomic mass is 16.5. The zero-order chi connectivity index (χ0) is 11.7. The number of carbonyl (C=O) groups is 2. The van der Waals surface area contributed by atoms with Crippen LogP contribution in [0.1, 0.15) is 13.3 Å². The summed E-state index contributed by atoms with van der Waals surface area (Å²) < 4.78 is 9.80. The fourth-order valence-corrected chi connectivity index (χ4v) is 0.785. The minimum atomic E-state index is -1.05. The van der Waals surface area contributed by atoms with Gasteiger partial charge in [-0.1, -0.05) is 0 Å². The van der Waals surface area contributed by atoms with E-state index in [1.54, 1.807) is 7.11 Å². The van der Waals surface area contributed by atoms with Crippen LogP contribution in [0.5, 0.6) is 0 Å². The first kappa shape index (κ1) is 13.9. The third-order valence-electron chi connectivity index (χ3n) is 1.65. The predicted molar refractivity (Wildman–Crippen MR) is 52.6 cm³/mol. The molecular formula is C9H17NO5. The fraction of sp³-hybridized carbons (Fsp3) is 0.778.